The molecule has 1 atom stereocenters. The molecular formula is C22H25NO3. The van der Waals surface area contributed by atoms with E-state index in [-0.39, 0.29) is 24.8 Å². The molecule has 4 nitrogen and oxygen atoms in total. The minimum absolute atomic E-state index is 0.0314. The molecule has 1 aliphatic rings. The number of hydrogen-bond donors (Lipinski definition) is 1. The van der Waals surface area contributed by atoms with Crippen molar-refractivity contribution in [2.24, 2.45) is 5.41 Å². The van der Waals surface area contributed by atoms with Crippen LogP contribution in [0.4, 0.5) is 0 Å². The molecule has 3 rings (SSSR count). The third-order valence-electron chi connectivity index (χ3n) is 4.90. The molecule has 0 aliphatic carbocycles. The van der Waals surface area contributed by atoms with Gasteiger partial charge in [0, 0.05) is 11.8 Å². The van der Waals surface area contributed by atoms with E-state index in [1.54, 1.807) is 0 Å². The van der Waals surface area contributed by atoms with E-state index in [0.717, 1.165) is 11.1 Å². The molecule has 0 aromatic heterocycles. The van der Waals surface area contributed by atoms with E-state index in [1.807, 2.05) is 81.4 Å². The van der Waals surface area contributed by atoms with E-state index in [9.17, 15) is 9.59 Å². The zero-order valence-corrected chi connectivity index (χ0v) is 15.5. The number of nitrogens with one attached hydrogen (secondary N) is 1. The van der Waals surface area contributed by atoms with E-state index in [1.165, 1.54) is 0 Å². The number of carbonyl (C=O) groups excluding carboxylic acids is 2. The second-order valence-corrected chi connectivity index (χ2v) is 7.82. The minimum atomic E-state index is -0.670. The van der Waals surface area contributed by atoms with Gasteiger partial charge >= 0.3 is 5.97 Å². The van der Waals surface area contributed by atoms with Crippen LogP contribution in [0.25, 0.3) is 0 Å². The van der Waals surface area contributed by atoms with E-state index in [2.05, 4.69) is 5.32 Å². The van der Waals surface area contributed by atoms with Crippen LogP contribution in [0.5, 0.6) is 0 Å². The average Bonchev–Trinajstić information content (AvgIpc) is 2.64. The summed E-state index contributed by atoms with van der Waals surface area (Å²) in [5.41, 5.74) is 0.847. The number of cyclic esters (lactones) is 1. The molecule has 1 N–H and O–H groups in total. The lowest BCUT2D eigenvalue weighted by atomic mass is 9.80. The number of Topliss-reactive ketones (excluding diaryl/α,β-unsaturated/α-hetero) is 1. The molecule has 0 saturated carbocycles. The summed E-state index contributed by atoms with van der Waals surface area (Å²) >= 11 is 0. The molecule has 1 heterocycles. The van der Waals surface area contributed by atoms with Crippen molar-refractivity contribution in [2.75, 3.05) is 6.61 Å². The van der Waals surface area contributed by atoms with Gasteiger partial charge in [-0.25, -0.2) is 0 Å². The normalized spacial score (nSPS) is 19.7. The first-order valence-electron chi connectivity index (χ1n) is 8.92. The Morgan fingerprint density at radius 1 is 1.04 bits per heavy atom. The van der Waals surface area contributed by atoms with Crippen molar-refractivity contribution >= 4 is 11.8 Å². The van der Waals surface area contributed by atoms with Crippen molar-refractivity contribution in [3.05, 3.63) is 71.8 Å². The quantitative estimate of drug-likeness (QED) is 0.857. The smallest absolute Gasteiger partial charge is 0.323 e. The third-order valence-corrected chi connectivity index (χ3v) is 4.90. The molecule has 0 bridgehead atoms. The van der Waals surface area contributed by atoms with Gasteiger partial charge in [-0.15, -0.1) is 0 Å². The Morgan fingerprint density at radius 2 is 1.54 bits per heavy atom. The van der Waals surface area contributed by atoms with Crippen LogP contribution in [0.15, 0.2) is 60.7 Å². The number of rotatable bonds is 4. The maximum atomic E-state index is 12.5. The first-order valence-corrected chi connectivity index (χ1v) is 8.92. The molecule has 1 aliphatic heterocycles. The van der Waals surface area contributed by atoms with Gasteiger partial charge in [0.2, 0.25) is 0 Å². The first kappa shape index (κ1) is 18.3. The fourth-order valence-electron chi connectivity index (χ4n) is 3.25. The van der Waals surface area contributed by atoms with E-state index >= 15 is 0 Å². The Kier molecular flexibility index (Phi) is 4.97. The molecule has 2 aromatic rings. The monoisotopic (exact) mass is 351 g/mol. The van der Waals surface area contributed by atoms with E-state index < -0.39 is 17.0 Å². The molecule has 4 heteroatoms. The molecule has 26 heavy (non-hydrogen) atoms. The summed E-state index contributed by atoms with van der Waals surface area (Å²) in [6, 6.07) is 19.2. The number of ether oxygens (including phenoxy) is 1. The van der Waals surface area contributed by atoms with Gasteiger partial charge in [0.1, 0.15) is 24.0 Å². The van der Waals surface area contributed by atoms with Gasteiger partial charge in [-0.05, 0) is 11.1 Å². The molecule has 0 unspecified atom stereocenters. The topological polar surface area (TPSA) is 55.4 Å². The third kappa shape index (κ3) is 3.56. The maximum absolute atomic E-state index is 12.5. The number of morpholine rings is 1. The maximum Gasteiger partial charge on any atom is 0.323 e. The highest BCUT2D eigenvalue weighted by molar-refractivity contribution is 5.90. The fraction of sp³-hybridized carbons (Fsp3) is 0.364. The summed E-state index contributed by atoms with van der Waals surface area (Å²) < 4.78 is 5.58. The van der Waals surface area contributed by atoms with E-state index in [4.69, 9.17) is 4.74 Å². The van der Waals surface area contributed by atoms with Gasteiger partial charge in [0.25, 0.3) is 0 Å². The molecule has 1 fully saturated rings. The summed E-state index contributed by atoms with van der Waals surface area (Å²) in [4.78, 5) is 24.9. The van der Waals surface area contributed by atoms with Crippen LogP contribution < -0.4 is 5.32 Å². The Hall–Kier alpha value is -2.46. The van der Waals surface area contributed by atoms with Crippen LogP contribution in [0.1, 0.15) is 38.3 Å². The number of benzene rings is 2. The second kappa shape index (κ2) is 7.04. The number of esters is 1. The molecule has 136 valence electrons. The lowest BCUT2D eigenvalue weighted by Crippen LogP contribution is -2.60. The van der Waals surface area contributed by atoms with Crippen LogP contribution in [0.3, 0.4) is 0 Å². The SMILES string of the molecule is CC(C)(C)C(=O)C[C@H]1NC(c2ccccc2)(c2ccccc2)COC1=O. The first-order chi connectivity index (χ1) is 12.3. The Labute approximate surface area is 154 Å². The van der Waals surface area contributed by atoms with Crippen molar-refractivity contribution < 1.29 is 14.3 Å². The van der Waals surface area contributed by atoms with Gasteiger partial charge in [0.05, 0.1) is 0 Å². The highest BCUT2D eigenvalue weighted by Gasteiger charge is 2.45. The predicted molar refractivity (Wildman–Crippen MR) is 101 cm³/mol. The lowest BCUT2D eigenvalue weighted by molar-refractivity contribution is -0.156. The Bertz CT molecular complexity index is 739. The average molecular weight is 351 g/mol. The molecule has 0 amide bonds. The number of hydrogen-bond acceptors (Lipinski definition) is 4. The summed E-state index contributed by atoms with van der Waals surface area (Å²) in [6.45, 7) is 5.79. The van der Waals surface area contributed by atoms with Crippen LogP contribution in [-0.4, -0.2) is 24.4 Å². The van der Waals surface area contributed by atoms with Gasteiger partial charge in [0.15, 0.2) is 0 Å². The van der Waals surface area contributed by atoms with Gasteiger partial charge in [-0.2, -0.15) is 0 Å². The largest absolute Gasteiger partial charge is 0.462 e. The minimum Gasteiger partial charge on any atom is -0.462 e. The Balaban J connectivity index is 2.00. The zero-order chi connectivity index (χ0) is 18.8. The molecule has 0 spiro atoms. The van der Waals surface area contributed by atoms with Crippen LogP contribution in [-0.2, 0) is 19.9 Å². The predicted octanol–water partition coefficient (Wildman–Crippen LogP) is 3.45. The number of carbonyl (C=O) groups is 2. The molecular weight excluding hydrogens is 326 g/mol. The standard InChI is InChI=1S/C22H25NO3/c1-21(2,3)19(24)14-18-20(25)26-15-22(23-18,16-10-6-4-7-11-16)17-12-8-5-9-13-17/h4-13,18,23H,14-15H2,1-3H3/t18-/m1/s1. The summed E-state index contributed by atoms with van der Waals surface area (Å²) in [6.07, 6.45) is 0.115. The van der Waals surface area contributed by atoms with Gasteiger partial charge in [-0.1, -0.05) is 81.4 Å². The lowest BCUT2D eigenvalue weighted by Gasteiger charge is -2.42. The van der Waals surface area contributed by atoms with Crippen molar-refractivity contribution in [1.29, 1.82) is 0 Å². The molecule has 2 aromatic carbocycles. The van der Waals surface area contributed by atoms with Gasteiger partial charge in [-0.3, -0.25) is 14.9 Å². The second-order valence-electron chi connectivity index (χ2n) is 7.82. The summed E-state index contributed by atoms with van der Waals surface area (Å²) in [7, 11) is 0. The van der Waals surface area contributed by atoms with Gasteiger partial charge < -0.3 is 4.74 Å². The highest BCUT2D eigenvalue weighted by Crippen LogP contribution is 2.34. The fourth-order valence-corrected chi connectivity index (χ4v) is 3.25. The highest BCUT2D eigenvalue weighted by atomic mass is 16.5. The summed E-state index contributed by atoms with van der Waals surface area (Å²) in [5, 5.41) is 3.46. The molecule has 0 radical (unpaired) electrons. The van der Waals surface area contributed by atoms with E-state index in [0.29, 0.717) is 0 Å². The molecule has 1 saturated heterocycles. The van der Waals surface area contributed by atoms with Crippen LogP contribution in [0, 0.1) is 5.41 Å². The summed E-state index contributed by atoms with van der Waals surface area (Å²) in [5.74, 6) is -0.339. The van der Waals surface area contributed by atoms with Crippen molar-refractivity contribution in [1.82, 2.24) is 5.32 Å². The van der Waals surface area contributed by atoms with Crippen molar-refractivity contribution in [3.8, 4) is 0 Å². The van der Waals surface area contributed by atoms with Crippen LogP contribution >= 0.6 is 0 Å². The van der Waals surface area contributed by atoms with Crippen LogP contribution in [0.2, 0.25) is 0 Å². The zero-order valence-electron chi connectivity index (χ0n) is 15.5. The van der Waals surface area contributed by atoms with Crippen molar-refractivity contribution in [2.45, 2.75) is 38.8 Å². The number of ketones is 1. The Morgan fingerprint density at radius 3 is 2.00 bits per heavy atom. The van der Waals surface area contributed by atoms with Crippen molar-refractivity contribution in [3.63, 3.8) is 0 Å².